The van der Waals surface area contributed by atoms with E-state index < -0.39 is 0 Å². The zero-order chi connectivity index (χ0) is 17.1. The van der Waals surface area contributed by atoms with Crippen LogP contribution in [0.4, 0.5) is 0 Å². The van der Waals surface area contributed by atoms with E-state index in [1.807, 2.05) is 17.8 Å². The lowest BCUT2D eigenvalue weighted by molar-refractivity contribution is -0.127. The van der Waals surface area contributed by atoms with Crippen molar-refractivity contribution in [2.45, 2.75) is 38.3 Å². The fraction of sp³-hybridized carbons (Fsp3) is 0.667. The van der Waals surface area contributed by atoms with Crippen LogP contribution < -0.4 is 10.6 Å². The van der Waals surface area contributed by atoms with Gasteiger partial charge in [0.25, 0.3) is 0 Å². The van der Waals surface area contributed by atoms with Crippen LogP contribution >= 0.6 is 0 Å². The number of fused-ring (bicyclic) bond motifs is 2. The number of guanidine groups is 1. The molecule has 1 aromatic heterocycles. The lowest BCUT2D eigenvalue weighted by atomic mass is 9.95. The van der Waals surface area contributed by atoms with Gasteiger partial charge in [-0.25, -0.2) is 4.99 Å². The van der Waals surface area contributed by atoms with Gasteiger partial charge in [-0.05, 0) is 42.7 Å². The molecule has 2 saturated carbocycles. The minimum Gasteiger partial charge on any atom is -0.357 e. The summed E-state index contributed by atoms with van der Waals surface area (Å²) in [6, 6.07) is 2.57. The third-order valence-electron chi connectivity index (χ3n) is 5.28. The Morgan fingerprint density at radius 3 is 2.79 bits per heavy atom. The van der Waals surface area contributed by atoms with Gasteiger partial charge in [-0.1, -0.05) is 6.42 Å². The number of nitrogens with zero attached hydrogens (tertiary/aromatic N) is 3. The number of aryl methyl sites for hydroxylation is 1. The van der Waals surface area contributed by atoms with Crippen molar-refractivity contribution < 1.29 is 4.79 Å². The van der Waals surface area contributed by atoms with Crippen molar-refractivity contribution in [1.29, 1.82) is 0 Å². The van der Waals surface area contributed by atoms with Crippen LogP contribution in [0.25, 0.3) is 0 Å². The van der Waals surface area contributed by atoms with Gasteiger partial charge in [0.15, 0.2) is 5.96 Å². The molecule has 132 valence electrons. The SMILES string of the molecule is CN(C)C(=O)CNC(=NCc1ccn(C)c1)NC1CC2CCC1C2. The van der Waals surface area contributed by atoms with E-state index in [1.54, 1.807) is 19.0 Å². The van der Waals surface area contributed by atoms with E-state index in [-0.39, 0.29) is 12.5 Å². The fourth-order valence-electron chi connectivity index (χ4n) is 3.89. The summed E-state index contributed by atoms with van der Waals surface area (Å²) in [5, 5.41) is 6.79. The maximum atomic E-state index is 11.9. The minimum absolute atomic E-state index is 0.0529. The van der Waals surface area contributed by atoms with Gasteiger partial charge in [0, 0.05) is 39.6 Å². The van der Waals surface area contributed by atoms with Gasteiger partial charge in [0.05, 0.1) is 13.1 Å². The molecule has 2 N–H and O–H groups in total. The number of rotatable bonds is 5. The Morgan fingerprint density at radius 1 is 1.38 bits per heavy atom. The highest BCUT2D eigenvalue weighted by Crippen LogP contribution is 2.44. The van der Waals surface area contributed by atoms with Crippen molar-refractivity contribution in [2.24, 2.45) is 23.9 Å². The smallest absolute Gasteiger partial charge is 0.241 e. The highest BCUT2D eigenvalue weighted by atomic mass is 16.2. The number of hydrogen-bond donors (Lipinski definition) is 2. The van der Waals surface area contributed by atoms with Crippen LogP contribution in [0.1, 0.15) is 31.2 Å². The Bertz CT molecular complexity index is 606. The molecule has 6 nitrogen and oxygen atoms in total. The van der Waals surface area contributed by atoms with E-state index in [1.165, 1.54) is 31.2 Å². The first kappa shape index (κ1) is 16.9. The summed E-state index contributed by atoms with van der Waals surface area (Å²) in [6.07, 6.45) is 9.38. The molecule has 0 spiro atoms. The summed E-state index contributed by atoms with van der Waals surface area (Å²) < 4.78 is 2.02. The second-order valence-electron chi connectivity index (χ2n) is 7.42. The molecular formula is C18H29N5O. The maximum absolute atomic E-state index is 11.9. The molecule has 6 heteroatoms. The molecule has 3 atom stereocenters. The van der Waals surface area contributed by atoms with Crippen LogP contribution in [-0.4, -0.2) is 48.0 Å². The summed E-state index contributed by atoms with van der Waals surface area (Å²) in [6.45, 7) is 0.890. The molecule has 0 aliphatic heterocycles. The normalized spacial score (nSPS) is 25.8. The molecular weight excluding hydrogens is 302 g/mol. The number of likely N-dealkylation sites (N-methyl/N-ethyl adjacent to an activating group) is 1. The van der Waals surface area contributed by atoms with E-state index in [2.05, 4.69) is 22.9 Å². The van der Waals surface area contributed by atoms with Crippen LogP contribution in [0, 0.1) is 11.8 Å². The second kappa shape index (κ2) is 7.28. The minimum atomic E-state index is 0.0529. The predicted molar refractivity (Wildman–Crippen MR) is 95.6 cm³/mol. The van der Waals surface area contributed by atoms with Crippen molar-refractivity contribution in [3.05, 3.63) is 24.0 Å². The average Bonchev–Trinajstić information content (AvgIpc) is 3.26. The van der Waals surface area contributed by atoms with Crippen molar-refractivity contribution in [1.82, 2.24) is 20.1 Å². The van der Waals surface area contributed by atoms with Crippen molar-refractivity contribution in [2.75, 3.05) is 20.6 Å². The van der Waals surface area contributed by atoms with Crippen LogP contribution in [0.3, 0.4) is 0 Å². The van der Waals surface area contributed by atoms with E-state index in [0.717, 1.165) is 17.8 Å². The third kappa shape index (κ3) is 4.10. The summed E-state index contributed by atoms with van der Waals surface area (Å²) >= 11 is 0. The monoisotopic (exact) mass is 331 g/mol. The van der Waals surface area contributed by atoms with Gasteiger partial charge in [-0.15, -0.1) is 0 Å². The van der Waals surface area contributed by atoms with Crippen LogP contribution in [0.5, 0.6) is 0 Å². The topological polar surface area (TPSA) is 61.7 Å². The first-order chi connectivity index (χ1) is 11.5. The first-order valence-electron chi connectivity index (χ1n) is 8.87. The zero-order valence-electron chi connectivity index (χ0n) is 15.0. The molecule has 1 amide bonds. The average molecular weight is 331 g/mol. The molecule has 1 heterocycles. The number of carbonyl (C=O) groups excluding carboxylic acids is 1. The summed E-state index contributed by atoms with van der Waals surface area (Å²) in [5.74, 6) is 2.46. The predicted octanol–water partition coefficient (Wildman–Crippen LogP) is 1.34. The number of hydrogen-bond acceptors (Lipinski definition) is 2. The number of aromatic nitrogens is 1. The molecule has 1 aromatic rings. The fourth-order valence-corrected chi connectivity index (χ4v) is 3.89. The summed E-state index contributed by atoms with van der Waals surface area (Å²) in [7, 11) is 5.55. The Kier molecular flexibility index (Phi) is 5.11. The standard InChI is InChI=1S/C18H29N5O/c1-22(2)17(24)11-20-18(19-10-14-6-7-23(3)12-14)21-16-9-13-4-5-15(16)8-13/h6-7,12-13,15-16H,4-5,8-11H2,1-3H3,(H2,19,20,21). The largest absolute Gasteiger partial charge is 0.357 e. The number of aliphatic imine (C=N–C) groups is 1. The van der Waals surface area contributed by atoms with Crippen LogP contribution in [-0.2, 0) is 18.4 Å². The van der Waals surface area contributed by atoms with E-state index >= 15 is 0 Å². The Hall–Kier alpha value is -1.98. The van der Waals surface area contributed by atoms with Crippen molar-refractivity contribution in [3.63, 3.8) is 0 Å². The Labute approximate surface area is 144 Å². The van der Waals surface area contributed by atoms with Gasteiger partial charge in [0.2, 0.25) is 5.91 Å². The number of amides is 1. The third-order valence-corrected chi connectivity index (χ3v) is 5.28. The first-order valence-corrected chi connectivity index (χ1v) is 8.87. The molecule has 2 aliphatic carbocycles. The molecule has 2 fully saturated rings. The second-order valence-corrected chi connectivity index (χ2v) is 7.42. The molecule has 24 heavy (non-hydrogen) atoms. The van der Waals surface area contributed by atoms with Gasteiger partial charge in [0.1, 0.15) is 0 Å². The van der Waals surface area contributed by atoms with Gasteiger partial charge in [-0.2, -0.15) is 0 Å². The maximum Gasteiger partial charge on any atom is 0.241 e. The van der Waals surface area contributed by atoms with Crippen molar-refractivity contribution in [3.8, 4) is 0 Å². The molecule has 0 radical (unpaired) electrons. The molecule has 2 bridgehead atoms. The highest BCUT2D eigenvalue weighted by Gasteiger charge is 2.39. The van der Waals surface area contributed by atoms with E-state index in [4.69, 9.17) is 4.99 Å². The Balaban J connectivity index is 1.62. The zero-order valence-corrected chi connectivity index (χ0v) is 15.0. The van der Waals surface area contributed by atoms with Crippen LogP contribution in [0.15, 0.2) is 23.5 Å². The molecule has 0 aromatic carbocycles. The van der Waals surface area contributed by atoms with Gasteiger partial charge in [-0.3, -0.25) is 4.79 Å². The summed E-state index contributed by atoms with van der Waals surface area (Å²) in [5.41, 5.74) is 1.17. The number of nitrogens with one attached hydrogen (secondary N) is 2. The molecule has 3 unspecified atom stereocenters. The van der Waals surface area contributed by atoms with E-state index in [0.29, 0.717) is 12.6 Å². The Morgan fingerprint density at radius 2 is 2.21 bits per heavy atom. The van der Waals surface area contributed by atoms with Crippen LogP contribution in [0.2, 0.25) is 0 Å². The van der Waals surface area contributed by atoms with Gasteiger partial charge < -0.3 is 20.1 Å². The molecule has 2 aliphatic rings. The number of carbonyl (C=O) groups is 1. The van der Waals surface area contributed by atoms with E-state index in [9.17, 15) is 4.79 Å². The highest BCUT2D eigenvalue weighted by molar-refractivity contribution is 5.86. The summed E-state index contributed by atoms with van der Waals surface area (Å²) in [4.78, 5) is 18.2. The molecule has 3 rings (SSSR count). The lowest BCUT2D eigenvalue weighted by Gasteiger charge is -2.25. The van der Waals surface area contributed by atoms with Crippen molar-refractivity contribution >= 4 is 11.9 Å². The van der Waals surface area contributed by atoms with Gasteiger partial charge >= 0.3 is 0 Å². The lowest BCUT2D eigenvalue weighted by Crippen LogP contribution is -2.48. The quantitative estimate of drug-likeness (QED) is 0.632. The molecule has 0 saturated heterocycles.